The highest BCUT2D eigenvalue weighted by Crippen LogP contribution is 2.13. The highest BCUT2D eigenvalue weighted by atomic mass is 16.5. The molecule has 3 heteroatoms. The van der Waals surface area contributed by atoms with Crippen LogP contribution in [-0.4, -0.2) is 26.3 Å². The molecule has 0 amide bonds. The zero-order valence-corrected chi connectivity index (χ0v) is 12.4. The summed E-state index contributed by atoms with van der Waals surface area (Å²) >= 11 is 0. The molecule has 0 N–H and O–H groups in total. The van der Waals surface area contributed by atoms with E-state index in [2.05, 4.69) is 13.8 Å². The van der Waals surface area contributed by atoms with E-state index < -0.39 is 0 Å². The van der Waals surface area contributed by atoms with Crippen LogP contribution in [0.4, 0.5) is 0 Å². The van der Waals surface area contributed by atoms with E-state index in [1.807, 2.05) is 0 Å². The van der Waals surface area contributed by atoms with Crippen LogP contribution in [0.1, 0.15) is 65.2 Å². The second kappa shape index (κ2) is 12.9. The molecule has 0 fully saturated rings. The van der Waals surface area contributed by atoms with Crippen LogP contribution in [0.2, 0.25) is 0 Å². The van der Waals surface area contributed by atoms with Gasteiger partial charge in [0.25, 0.3) is 0 Å². The number of unbranched alkanes of at least 4 members (excludes halogenated alkanes) is 3. The van der Waals surface area contributed by atoms with Gasteiger partial charge in [-0.15, -0.1) is 0 Å². The molecule has 0 aliphatic carbocycles. The Balaban J connectivity index is 3.49. The second-order valence-corrected chi connectivity index (χ2v) is 4.90. The summed E-state index contributed by atoms with van der Waals surface area (Å²) < 4.78 is 10.3. The van der Waals surface area contributed by atoms with E-state index in [0.29, 0.717) is 18.9 Å². The summed E-state index contributed by atoms with van der Waals surface area (Å²) in [4.78, 5) is 11.5. The average Bonchev–Trinajstić information content (AvgIpc) is 2.39. The Kier molecular flexibility index (Phi) is 12.5. The lowest BCUT2D eigenvalue weighted by atomic mass is 10.0. The Bertz CT molecular complexity index is 192. The van der Waals surface area contributed by atoms with E-state index >= 15 is 0 Å². The van der Waals surface area contributed by atoms with Crippen molar-refractivity contribution in [1.82, 2.24) is 0 Å². The molecule has 18 heavy (non-hydrogen) atoms. The molecule has 1 unspecified atom stereocenters. The zero-order chi connectivity index (χ0) is 13.6. The van der Waals surface area contributed by atoms with Crippen molar-refractivity contribution in [3.8, 4) is 0 Å². The monoisotopic (exact) mass is 258 g/mol. The molecule has 0 saturated heterocycles. The lowest BCUT2D eigenvalue weighted by Crippen LogP contribution is -2.13. The summed E-state index contributed by atoms with van der Waals surface area (Å²) in [5.41, 5.74) is 0. The average molecular weight is 258 g/mol. The fraction of sp³-hybridized carbons (Fsp3) is 0.933. The normalized spacial score (nSPS) is 12.4. The van der Waals surface area contributed by atoms with Crippen LogP contribution >= 0.6 is 0 Å². The van der Waals surface area contributed by atoms with Crippen LogP contribution in [0, 0.1) is 5.92 Å². The summed E-state index contributed by atoms with van der Waals surface area (Å²) in [7, 11) is 1.70. The zero-order valence-electron chi connectivity index (χ0n) is 12.4. The maximum absolute atomic E-state index is 11.5. The molecule has 0 aliphatic heterocycles. The van der Waals surface area contributed by atoms with Crippen LogP contribution in [0.25, 0.3) is 0 Å². The van der Waals surface area contributed by atoms with Crippen LogP contribution in [0.5, 0.6) is 0 Å². The van der Waals surface area contributed by atoms with Crippen molar-refractivity contribution in [1.29, 1.82) is 0 Å². The third-order valence-corrected chi connectivity index (χ3v) is 3.25. The molecule has 0 saturated carbocycles. The van der Waals surface area contributed by atoms with Crippen molar-refractivity contribution in [2.75, 3.05) is 20.3 Å². The first kappa shape index (κ1) is 17.4. The van der Waals surface area contributed by atoms with Gasteiger partial charge in [-0.2, -0.15) is 0 Å². The standard InChI is InChI=1S/C15H30O3/c1-4-6-10-14(5-2)13-18-15(16)11-8-7-9-12-17-3/h14H,4-13H2,1-3H3. The minimum atomic E-state index is -0.0395. The van der Waals surface area contributed by atoms with Gasteiger partial charge in [-0.05, 0) is 25.2 Å². The van der Waals surface area contributed by atoms with E-state index in [-0.39, 0.29) is 5.97 Å². The molecule has 0 rings (SSSR count). The Morgan fingerprint density at radius 2 is 1.89 bits per heavy atom. The predicted molar refractivity (Wildman–Crippen MR) is 74.6 cm³/mol. The van der Waals surface area contributed by atoms with Gasteiger partial charge in [0.1, 0.15) is 0 Å². The van der Waals surface area contributed by atoms with Crippen LogP contribution < -0.4 is 0 Å². The van der Waals surface area contributed by atoms with Gasteiger partial charge in [0, 0.05) is 20.1 Å². The molecule has 108 valence electrons. The fourth-order valence-electron chi connectivity index (χ4n) is 1.87. The Morgan fingerprint density at radius 1 is 1.11 bits per heavy atom. The van der Waals surface area contributed by atoms with Gasteiger partial charge in [0.15, 0.2) is 0 Å². The van der Waals surface area contributed by atoms with Gasteiger partial charge in [0.05, 0.1) is 6.61 Å². The van der Waals surface area contributed by atoms with Crippen LogP contribution in [-0.2, 0) is 14.3 Å². The van der Waals surface area contributed by atoms with E-state index in [0.717, 1.165) is 32.3 Å². The van der Waals surface area contributed by atoms with Crippen molar-refractivity contribution in [3.05, 3.63) is 0 Å². The molecule has 0 aliphatic rings. The first-order valence-electron chi connectivity index (χ1n) is 7.39. The topological polar surface area (TPSA) is 35.5 Å². The number of hydrogen-bond acceptors (Lipinski definition) is 3. The summed E-state index contributed by atoms with van der Waals surface area (Å²) in [5, 5.41) is 0. The predicted octanol–water partition coefficient (Wildman–Crippen LogP) is 3.95. The molecule has 0 heterocycles. The molecule has 0 aromatic heterocycles. The van der Waals surface area contributed by atoms with Gasteiger partial charge >= 0.3 is 5.97 Å². The smallest absolute Gasteiger partial charge is 0.305 e. The quantitative estimate of drug-likeness (QED) is 0.393. The largest absolute Gasteiger partial charge is 0.465 e. The highest BCUT2D eigenvalue weighted by Gasteiger charge is 2.09. The Morgan fingerprint density at radius 3 is 2.50 bits per heavy atom. The molecule has 0 aromatic carbocycles. The molecule has 1 atom stereocenters. The van der Waals surface area contributed by atoms with Gasteiger partial charge in [-0.25, -0.2) is 0 Å². The van der Waals surface area contributed by atoms with Crippen LogP contribution in [0.3, 0.4) is 0 Å². The molecular weight excluding hydrogens is 228 g/mol. The van der Waals surface area contributed by atoms with E-state index in [1.165, 1.54) is 19.3 Å². The number of hydrogen-bond donors (Lipinski definition) is 0. The molecule has 0 radical (unpaired) electrons. The Hall–Kier alpha value is -0.570. The second-order valence-electron chi connectivity index (χ2n) is 4.90. The van der Waals surface area contributed by atoms with Crippen molar-refractivity contribution in [2.45, 2.75) is 65.2 Å². The summed E-state index contributed by atoms with van der Waals surface area (Å²) in [6.45, 7) is 5.75. The number of ether oxygens (including phenoxy) is 2. The minimum Gasteiger partial charge on any atom is -0.465 e. The van der Waals surface area contributed by atoms with Gasteiger partial charge < -0.3 is 9.47 Å². The third kappa shape index (κ3) is 10.6. The van der Waals surface area contributed by atoms with Gasteiger partial charge in [-0.3, -0.25) is 4.79 Å². The lowest BCUT2D eigenvalue weighted by molar-refractivity contribution is -0.145. The van der Waals surface area contributed by atoms with Crippen molar-refractivity contribution in [2.24, 2.45) is 5.92 Å². The summed E-state index contributed by atoms with van der Waals surface area (Å²) in [5.74, 6) is 0.504. The van der Waals surface area contributed by atoms with Crippen LogP contribution in [0.15, 0.2) is 0 Å². The third-order valence-electron chi connectivity index (χ3n) is 3.25. The maximum atomic E-state index is 11.5. The molecule has 0 bridgehead atoms. The summed E-state index contributed by atoms with van der Waals surface area (Å²) in [6, 6.07) is 0. The SMILES string of the molecule is CCCCC(CC)COC(=O)CCCCCOC. The van der Waals surface area contributed by atoms with Crippen molar-refractivity contribution in [3.63, 3.8) is 0 Å². The van der Waals surface area contributed by atoms with E-state index in [9.17, 15) is 4.79 Å². The lowest BCUT2D eigenvalue weighted by Gasteiger charge is -2.14. The first-order valence-corrected chi connectivity index (χ1v) is 7.39. The first-order chi connectivity index (χ1) is 8.74. The van der Waals surface area contributed by atoms with E-state index in [1.54, 1.807) is 7.11 Å². The molecule has 3 nitrogen and oxygen atoms in total. The number of carbonyl (C=O) groups is 1. The minimum absolute atomic E-state index is 0.0395. The van der Waals surface area contributed by atoms with Crippen molar-refractivity contribution < 1.29 is 14.3 Å². The fourth-order valence-corrected chi connectivity index (χ4v) is 1.87. The number of carbonyl (C=O) groups excluding carboxylic acids is 1. The molecule has 0 aromatic rings. The number of methoxy groups -OCH3 is 1. The van der Waals surface area contributed by atoms with Crippen molar-refractivity contribution >= 4 is 5.97 Å². The molecular formula is C15H30O3. The van der Waals surface area contributed by atoms with Gasteiger partial charge in [-0.1, -0.05) is 39.5 Å². The van der Waals surface area contributed by atoms with Gasteiger partial charge in [0.2, 0.25) is 0 Å². The van der Waals surface area contributed by atoms with E-state index in [4.69, 9.17) is 9.47 Å². The number of rotatable bonds is 12. The molecule has 0 spiro atoms. The summed E-state index contributed by atoms with van der Waals surface area (Å²) in [6.07, 6.45) is 8.24. The maximum Gasteiger partial charge on any atom is 0.305 e. The highest BCUT2D eigenvalue weighted by molar-refractivity contribution is 5.69. The Labute approximate surface area is 112 Å². The number of esters is 1.